The van der Waals surface area contributed by atoms with Crippen molar-refractivity contribution in [3.63, 3.8) is 0 Å². The Labute approximate surface area is 127 Å². The van der Waals surface area contributed by atoms with Gasteiger partial charge in [0.05, 0.1) is 12.0 Å². The molecule has 0 unspecified atom stereocenters. The minimum Gasteiger partial charge on any atom is -0.462 e. The Morgan fingerprint density at radius 1 is 1.41 bits per heavy atom. The number of esters is 1. The van der Waals surface area contributed by atoms with Gasteiger partial charge in [-0.25, -0.2) is 9.78 Å². The van der Waals surface area contributed by atoms with Crippen molar-refractivity contribution < 1.29 is 19.6 Å². The fourth-order valence-corrected chi connectivity index (χ4v) is 2.20. The number of hydrogen-bond donors (Lipinski definition) is 2. The van der Waals surface area contributed by atoms with Gasteiger partial charge in [0.25, 0.3) is 0 Å². The van der Waals surface area contributed by atoms with Gasteiger partial charge in [0.2, 0.25) is 5.43 Å². The predicted octanol–water partition coefficient (Wildman–Crippen LogP) is -0.337. The van der Waals surface area contributed by atoms with Gasteiger partial charge in [0.1, 0.15) is 11.2 Å². The Balaban J connectivity index is 2.74. The molecule has 8 heteroatoms. The van der Waals surface area contributed by atoms with E-state index < -0.39 is 18.5 Å². The monoisotopic (exact) mass is 304 g/mol. The lowest BCUT2D eigenvalue weighted by molar-refractivity contribution is 0.0524. The number of carbonyl (C=O) groups excluding carboxylic acids is 1. The van der Waals surface area contributed by atoms with Gasteiger partial charge in [-0.2, -0.15) is 0 Å². The second-order valence-corrected chi connectivity index (χ2v) is 4.80. The largest absolute Gasteiger partial charge is 0.490 e. The molecule has 22 heavy (non-hydrogen) atoms. The summed E-state index contributed by atoms with van der Waals surface area (Å²) in [4.78, 5) is 28.5. The lowest BCUT2D eigenvalue weighted by Gasteiger charge is -2.12. The van der Waals surface area contributed by atoms with Crippen molar-refractivity contribution in [2.24, 2.45) is 0 Å². The smallest absolute Gasteiger partial charge is 0.462 e. The van der Waals surface area contributed by atoms with Crippen molar-refractivity contribution in [3.05, 3.63) is 34.2 Å². The first kappa shape index (κ1) is 16.2. The van der Waals surface area contributed by atoms with Gasteiger partial charge in [0, 0.05) is 24.4 Å². The summed E-state index contributed by atoms with van der Waals surface area (Å²) in [6, 6.07) is 1.34. The van der Waals surface area contributed by atoms with Gasteiger partial charge < -0.3 is 19.4 Å². The molecule has 0 saturated carbocycles. The minimum absolute atomic E-state index is 0.0887. The van der Waals surface area contributed by atoms with Crippen LogP contribution in [0.3, 0.4) is 0 Å². The van der Waals surface area contributed by atoms with E-state index >= 15 is 0 Å². The van der Waals surface area contributed by atoms with Gasteiger partial charge in [-0.3, -0.25) is 4.79 Å². The lowest BCUT2D eigenvalue weighted by atomic mass is 9.81. The highest BCUT2D eigenvalue weighted by Gasteiger charge is 2.19. The normalized spacial score (nSPS) is 10.7. The zero-order valence-electron chi connectivity index (χ0n) is 12.4. The second-order valence-electron chi connectivity index (χ2n) is 4.80. The molecular weight excluding hydrogens is 287 g/mol. The quantitative estimate of drug-likeness (QED) is 0.579. The number of fused-ring (bicyclic) bond motifs is 1. The van der Waals surface area contributed by atoms with E-state index in [1.165, 1.54) is 18.5 Å². The highest BCUT2D eigenvalue weighted by Crippen LogP contribution is 2.10. The summed E-state index contributed by atoms with van der Waals surface area (Å²) in [5, 5.41) is 18.6. The number of aryl methyl sites for hydroxylation is 1. The van der Waals surface area contributed by atoms with E-state index in [-0.39, 0.29) is 23.0 Å². The number of pyridine rings is 2. The van der Waals surface area contributed by atoms with Crippen LogP contribution in [0, 0.1) is 0 Å². The molecule has 0 fully saturated rings. The van der Waals surface area contributed by atoms with Gasteiger partial charge in [-0.1, -0.05) is 6.92 Å². The molecule has 7 nitrogen and oxygen atoms in total. The maximum atomic E-state index is 12.5. The average Bonchev–Trinajstić information content (AvgIpc) is 2.49. The summed E-state index contributed by atoms with van der Waals surface area (Å²) in [6.45, 7) is 4.35. The number of aromatic nitrogens is 2. The van der Waals surface area contributed by atoms with Crippen LogP contribution >= 0.6 is 0 Å². The zero-order valence-corrected chi connectivity index (χ0v) is 12.4. The molecular formula is C14H17BN2O5. The molecule has 0 aliphatic heterocycles. The maximum absolute atomic E-state index is 12.5. The highest BCUT2D eigenvalue weighted by molar-refractivity contribution is 6.58. The van der Waals surface area contributed by atoms with E-state index in [1.54, 1.807) is 11.5 Å². The van der Waals surface area contributed by atoms with Crippen LogP contribution < -0.4 is 10.9 Å². The Hall–Kier alpha value is -2.19. The third-order valence-corrected chi connectivity index (χ3v) is 3.19. The van der Waals surface area contributed by atoms with Crippen molar-refractivity contribution in [3.8, 4) is 0 Å². The topological polar surface area (TPSA) is 102 Å². The number of hydrogen-bond acceptors (Lipinski definition) is 6. The van der Waals surface area contributed by atoms with Crippen molar-refractivity contribution >= 4 is 29.6 Å². The molecule has 0 spiro atoms. The van der Waals surface area contributed by atoms with Crippen LogP contribution in [-0.4, -0.2) is 39.3 Å². The summed E-state index contributed by atoms with van der Waals surface area (Å²) in [7, 11) is -1.73. The molecule has 2 N–H and O–H groups in total. The molecule has 2 heterocycles. The highest BCUT2D eigenvalue weighted by atomic mass is 16.5. The number of ether oxygens (including phenoxy) is 1. The first-order valence-electron chi connectivity index (χ1n) is 7.05. The minimum atomic E-state index is -1.73. The third-order valence-electron chi connectivity index (χ3n) is 3.19. The van der Waals surface area contributed by atoms with Crippen LogP contribution in [0.2, 0.25) is 0 Å². The Bertz CT molecular complexity index is 757. The Kier molecular flexibility index (Phi) is 4.94. The molecule has 0 aromatic carbocycles. The molecule has 0 bridgehead atoms. The summed E-state index contributed by atoms with van der Waals surface area (Å²) in [6.07, 6.45) is 3.52. The number of carbonyl (C=O) groups is 1. The molecule has 2 aromatic rings. The number of nitrogens with zero attached hydrogens (tertiary/aromatic N) is 2. The first-order chi connectivity index (χ1) is 10.5. The van der Waals surface area contributed by atoms with Gasteiger partial charge >= 0.3 is 13.1 Å². The van der Waals surface area contributed by atoms with Crippen LogP contribution in [0.5, 0.6) is 0 Å². The lowest BCUT2D eigenvalue weighted by Crippen LogP contribution is -2.31. The molecule has 0 atom stereocenters. The molecule has 2 rings (SSSR count). The summed E-state index contributed by atoms with van der Waals surface area (Å²) in [5.74, 6) is -0.700. The van der Waals surface area contributed by atoms with Crippen molar-refractivity contribution in [1.82, 2.24) is 9.55 Å². The van der Waals surface area contributed by atoms with E-state index in [0.29, 0.717) is 12.2 Å². The molecule has 0 radical (unpaired) electrons. The van der Waals surface area contributed by atoms with Gasteiger partial charge in [-0.05, 0) is 19.4 Å². The molecule has 116 valence electrons. The predicted molar refractivity (Wildman–Crippen MR) is 82.1 cm³/mol. The zero-order chi connectivity index (χ0) is 16.3. The Morgan fingerprint density at radius 2 is 2.14 bits per heavy atom. The molecule has 0 aliphatic carbocycles. The third kappa shape index (κ3) is 3.02. The van der Waals surface area contributed by atoms with Crippen LogP contribution in [0.4, 0.5) is 0 Å². The van der Waals surface area contributed by atoms with Crippen LogP contribution in [0.1, 0.15) is 30.6 Å². The van der Waals surface area contributed by atoms with Crippen LogP contribution in [-0.2, 0) is 11.3 Å². The van der Waals surface area contributed by atoms with E-state index in [1.807, 2.05) is 6.92 Å². The van der Waals surface area contributed by atoms with Gasteiger partial charge in [-0.15, -0.1) is 0 Å². The summed E-state index contributed by atoms with van der Waals surface area (Å²) >= 11 is 0. The van der Waals surface area contributed by atoms with E-state index in [0.717, 1.165) is 6.42 Å². The fourth-order valence-electron chi connectivity index (χ4n) is 2.20. The fraction of sp³-hybridized carbons (Fsp3) is 0.357. The van der Waals surface area contributed by atoms with Gasteiger partial charge in [0.15, 0.2) is 0 Å². The number of rotatable bonds is 5. The summed E-state index contributed by atoms with van der Waals surface area (Å²) < 4.78 is 6.59. The second kappa shape index (κ2) is 6.72. The van der Waals surface area contributed by atoms with Crippen LogP contribution in [0.25, 0.3) is 11.0 Å². The van der Waals surface area contributed by atoms with E-state index in [4.69, 9.17) is 4.74 Å². The molecule has 2 aromatic heterocycles. The van der Waals surface area contributed by atoms with E-state index in [2.05, 4.69) is 4.98 Å². The van der Waals surface area contributed by atoms with Crippen molar-refractivity contribution in [2.75, 3.05) is 6.61 Å². The van der Waals surface area contributed by atoms with Crippen molar-refractivity contribution in [1.29, 1.82) is 0 Å². The molecule has 0 amide bonds. The average molecular weight is 304 g/mol. The first-order valence-corrected chi connectivity index (χ1v) is 7.05. The molecule has 0 aliphatic rings. The SMILES string of the molecule is CCCn1cc(C(=O)OCC)c(=O)c2cc(B(O)O)cnc21. The molecule has 0 saturated heterocycles. The van der Waals surface area contributed by atoms with Crippen molar-refractivity contribution in [2.45, 2.75) is 26.8 Å². The maximum Gasteiger partial charge on any atom is 0.490 e. The standard InChI is InChI=1S/C14H17BN2O5/c1-3-5-17-8-11(14(19)22-4-2)12(18)10-6-9(15(20)21)7-16-13(10)17/h6-8,20-21H,3-5H2,1-2H3. The van der Waals surface area contributed by atoms with E-state index in [9.17, 15) is 19.6 Å². The Morgan fingerprint density at radius 3 is 2.73 bits per heavy atom. The van der Waals surface area contributed by atoms with Crippen LogP contribution in [0.15, 0.2) is 23.3 Å². The summed E-state index contributed by atoms with van der Waals surface area (Å²) in [5.41, 5.74) is -0.136.